The number of alkyl halides is 2. The first-order valence-corrected chi connectivity index (χ1v) is 6.81. The Hall–Kier alpha value is -1.95. The van der Waals surface area contributed by atoms with E-state index in [1.807, 2.05) is 24.3 Å². The molecule has 0 atom stereocenters. The molecule has 1 N–H and O–H groups in total. The molecule has 0 aliphatic rings. The minimum absolute atomic E-state index is 0.0148. The van der Waals surface area contributed by atoms with E-state index in [2.05, 4.69) is 24.1 Å². The first kappa shape index (κ1) is 15.4. The maximum Gasteiger partial charge on any atom is 0.320 e. The summed E-state index contributed by atoms with van der Waals surface area (Å²) < 4.78 is 31.6. The van der Waals surface area contributed by atoms with Crippen LogP contribution in [0.2, 0.25) is 0 Å². The van der Waals surface area contributed by atoms with Crippen LogP contribution in [0.3, 0.4) is 0 Å². The molecule has 2 rings (SSSR count). The first-order chi connectivity index (χ1) is 10.1. The third-order valence-corrected chi connectivity index (χ3v) is 2.96. The molecule has 0 saturated heterocycles. The topological polar surface area (TPSA) is 39.1 Å². The molecule has 4 nitrogen and oxygen atoms in total. The van der Waals surface area contributed by atoms with Gasteiger partial charge in [0.05, 0.1) is 0 Å². The number of nitrogens with zero attached hydrogens (tertiary/aromatic N) is 2. The summed E-state index contributed by atoms with van der Waals surface area (Å²) in [6.45, 7) is 2.37. The number of nitrogens with one attached hydrogen (secondary N) is 1. The Morgan fingerprint density at radius 3 is 2.57 bits per heavy atom. The van der Waals surface area contributed by atoms with E-state index in [9.17, 15) is 8.78 Å². The maximum atomic E-state index is 12.6. The van der Waals surface area contributed by atoms with Crippen LogP contribution < -0.4 is 10.1 Å². The van der Waals surface area contributed by atoms with E-state index in [0.29, 0.717) is 11.8 Å². The molecule has 0 saturated carbocycles. The van der Waals surface area contributed by atoms with Crippen LogP contribution in [-0.4, -0.2) is 15.6 Å². The van der Waals surface area contributed by atoms with Crippen molar-refractivity contribution in [1.82, 2.24) is 14.9 Å². The second kappa shape index (κ2) is 7.17. The van der Waals surface area contributed by atoms with Gasteiger partial charge in [-0.05, 0) is 17.7 Å². The summed E-state index contributed by atoms with van der Waals surface area (Å²) in [5, 5.41) is 3.32. The molecule has 0 radical (unpaired) electrons. The van der Waals surface area contributed by atoms with Gasteiger partial charge in [0.25, 0.3) is 0 Å². The van der Waals surface area contributed by atoms with Crippen molar-refractivity contribution in [2.24, 2.45) is 0 Å². The van der Waals surface area contributed by atoms with E-state index >= 15 is 0 Å². The molecule has 1 aromatic carbocycles. The van der Waals surface area contributed by atoms with Gasteiger partial charge in [0, 0.05) is 25.0 Å². The third-order valence-electron chi connectivity index (χ3n) is 2.96. The molecular weight excluding hydrogens is 276 g/mol. The number of aromatic nitrogens is 2. The summed E-state index contributed by atoms with van der Waals surface area (Å²) in [6, 6.07) is 7.98. The summed E-state index contributed by atoms with van der Waals surface area (Å²) in [5.74, 6) is 0.836. The lowest BCUT2D eigenvalue weighted by Crippen LogP contribution is -2.21. The Labute approximate surface area is 122 Å². The standard InChI is InChI=1S/C15H19F2N3O/c1-11(2)19-9-12-3-5-13(6-4-12)21-10-14-18-7-8-20(14)15(16)17/h3-8,11,15,19H,9-10H2,1-2H3. The molecule has 0 unspecified atom stereocenters. The number of halogens is 2. The largest absolute Gasteiger partial charge is 0.486 e. The lowest BCUT2D eigenvalue weighted by Gasteiger charge is -2.10. The van der Waals surface area contributed by atoms with Crippen LogP contribution >= 0.6 is 0 Å². The van der Waals surface area contributed by atoms with Crippen molar-refractivity contribution in [1.29, 1.82) is 0 Å². The van der Waals surface area contributed by atoms with E-state index in [1.54, 1.807) is 0 Å². The van der Waals surface area contributed by atoms with Gasteiger partial charge in [-0.3, -0.25) is 4.57 Å². The molecule has 1 aromatic heterocycles. The van der Waals surface area contributed by atoms with Gasteiger partial charge in [-0.15, -0.1) is 0 Å². The molecule has 0 spiro atoms. The number of hydrogen-bond acceptors (Lipinski definition) is 3. The number of benzene rings is 1. The lowest BCUT2D eigenvalue weighted by molar-refractivity contribution is 0.0632. The summed E-state index contributed by atoms with van der Waals surface area (Å²) in [4.78, 5) is 3.87. The van der Waals surface area contributed by atoms with Crippen molar-refractivity contribution >= 4 is 0 Å². The van der Waals surface area contributed by atoms with Gasteiger partial charge in [-0.1, -0.05) is 26.0 Å². The van der Waals surface area contributed by atoms with Crippen LogP contribution in [0.25, 0.3) is 0 Å². The zero-order valence-corrected chi connectivity index (χ0v) is 12.1. The Morgan fingerprint density at radius 2 is 1.95 bits per heavy atom. The third kappa shape index (κ3) is 4.53. The van der Waals surface area contributed by atoms with Gasteiger partial charge in [0.1, 0.15) is 12.4 Å². The van der Waals surface area contributed by atoms with Crippen LogP contribution in [-0.2, 0) is 13.2 Å². The van der Waals surface area contributed by atoms with Crippen molar-refractivity contribution < 1.29 is 13.5 Å². The summed E-state index contributed by atoms with van der Waals surface area (Å²) >= 11 is 0. The highest BCUT2D eigenvalue weighted by molar-refractivity contribution is 5.27. The zero-order chi connectivity index (χ0) is 15.2. The van der Waals surface area contributed by atoms with E-state index in [1.165, 1.54) is 12.4 Å². The molecule has 0 bridgehead atoms. The van der Waals surface area contributed by atoms with Crippen molar-refractivity contribution in [2.75, 3.05) is 0 Å². The Bertz CT molecular complexity index is 552. The Morgan fingerprint density at radius 1 is 1.24 bits per heavy atom. The summed E-state index contributed by atoms with van der Waals surface area (Å²) in [5.41, 5.74) is 1.14. The molecular formula is C15H19F2N3O. The zero-order valence-electron chi connectivity index (χ0n) is 12.1. The predicted molar refractivity (Wildman–Crippen MR) is 76.2 cm³/mol. The maximum absolute atomic E-state index is 12.6. The molecule has 21 heavy (non-hydrogen) atoms. The molecule has 0 aliphatic carbocycles. The first-order valence-electron chi connectivity index (χ1n) is 6.81. The second-order valence-electron chi connectivity index (χ2n) is 5.00. The van der Waals surface area contributed by atoms with Gasteiger partial charge >= 0.3 is 6.55 Å². The van der Waals surface area contributed by atoms with E-state index < -0.39 is 6.55 Å². The highest BCUT2D eigenvalue weighted by atomic mass is 19.3. The summed E-state index contributed by atoms with van der Waals surface area (Å²) in [6.07, 6.45) is 2.58. The van der Waals surface area contributed by atoms with Crippen molar-refractivity contribution in [3.8, 4) is 5.75 Å². The lowest BCUT2D eigenvalue weighted by atomic mass is 10.2. The van der Waals surface area contributed by atoms with Crippen molar-refractivity contribution in [3.05, 3.63) is 48.0 Å². The molecule has 2 aromatic rings. The Balaban J connectivity index is 1.90. The van der Waals surface area contributed by atoms with Crippen LogP contribution in [0.4, 0.5) is 8.78 Å². The molecule has 6 heteroatoms. The molecule has 0 amide bonds. The van der Waals surface area contributed by atoms with Gasteiger partial charge in [-0.2, -0.15) is 8.78 Å². The fourth-order valence-corrected chi connectivity index (χ4v) is 1.81. The highest BCUT2D eigenvalue weighted by Gasteiger charge is 2.11. The van der Waals surface area contributed by atoms with E-state index in [-0.39, 0.29) is 12.4 Å². The van der Waals surface area contributed by atoms with Gasteiger partial charge in [0.15, 0.2) is 5.82 Å². The van der Waals surface area contributed by atoms with E-state index in [4.69, 9.17) is 4.74 Å². The number of ether oxygens (including phenoxy) is 1. The van der Waals surface area contributed by atoms with E-state index in [0.717, 1.165) is 16.7 Å². The van der Waals surface area contributed by atoms with Crippen LogP contribution in [0.15, 0.2) is 36.7 Å². The number of hydrogen-bond donors (Lipinski definition) is 1. The highest BCUT2D eigenvalue weighted by Crippen LogP contribution is 2.16. The van der Waals surface area contributed by atoms with Gasteiger partial charge < -0.3 is 10.1 Å². The van der Waals surface area contributed by atoms with Crippen molar-refractivity contribution in [2.45, 2.75) is 39.6 Å². The predicted octanol–water partition coefficient (Wildman–Crippen LogP) is 3.36. The SMILES string of the molecule is CC(C)NCc1ccc(OCc2nccn2C(F)F)cc1. The molecule has 0 aliphatic heterocycles. The molecule has 114 valence electrons. The Kier molecular flexibility index (Phi) is 5.27. The summed E-state index contributed by atoms with van der Waals surface area (Å²) in [7, 11) is 0. The monoisotopic (exact) mass is 295 g/mol. The quantitative estimate of drug-likeness (QED) is 0.851. The van der Waals surface area contributed by atoms with Gasteiger partial charge in [-0.25, -0.2) is 4.98 Å². The fourth-order valence-electron chi connectivity index (χ4n) is 1.81. The molecule has 0 fully saturated rings. The average Bonchev–Trinajstić information content (AvgIpc) is 2.92. The van der Waals surface area contributed by atoms with Crippen LogP contribution in [0.5, 0.6) is 5.75 Å². The van der Waals surface area contributed by atoms with Crippen molar-refractivity contribution in [3.63, 3.8) is 0 Å². The number of imidazole rings is 1. The molecule has 1 heterocycles. The van der Waals surface area contributed by atoms with Gasteiger partial charge in [0.2, 0.25) is 0 Å². The fraction of sp³-hybridized carbons (Fsp3) is 0.400. The average molecular weight is 295 g/mol. The minimum Gasteiger partial charge on any atom is -0.486 e. The van der Waals surface area contributed by atoms with Crippen LogP contribution in [0, 0.1) is 0 Å². The normalized spacial score (nSPS) is 11.3. The number of rotatable bonds is 7. The second-order valence-corrected chi connectivity index (χ2v) is 5.00. The smallest absolute Gasteiger partial charge is 0.320 e. The van der Waals surface area contributed by atoms with Crippen LogP contribution in [0.1, 0.15) is 31.8 Å². The minimum atomic E-state index is -2.60.